The first-order chi connectivity index (χ1) is 7.15. The van der Waals surface area contributed by atoms with Gasteiger partial charge in [-0.05, 0) is 35.0 Å². The van der Waals surface area contributed by atoms with E-state index in [-0.39, 0.29) is 11.6 Å². The van der Waals surface area contributed by atoms with E-state index < -0.39 is 0 Å². The van der Waals surface area contributed by atoms with Gasteiger partial charge >= 0.3 is 0 Å². The Balaban J connectivity index is 2.47. The fraction of sp³-hybridized carbons (Fsp3) is 0. The van der Waals surface area contributed by atoms with Gasteiger partial charge in [-0.3, -0.25) is 4.79 Å². The van der Waals surface area contributed by atoms with Gasteiger partial charge in [-0.1, -0.05) is 12.1 Å². The lowest BCUT2D eigenvalue weighted by Crippen LogP contribution is -2.07. The minimum atomic E-state index is -0.0897. The molecule has 4 heteroatoms. The van der Waals surface area contributed by atoms with E-state index in [1.807, 2.05) is 24.3 Å². The quantitative estimate of drug-likeness (QED) is 0.686. The molecule has 0 saturated heterocycles. The summed E-state index contributed by atoms with van der Waals surface area (Å²) in [7, 11) is 1.47. The number of benzene rings is 2. The largest absolute Gasteiger partial charge is 0.508 e. The van der Waals surface area contributed by atoms with Crippen molar-refractivity contribution in [1.29, 1.82) is 0 Å². The molecule has 0 bridgehead atoms. The highest BCUT2D eigenvalue weighted by atomic mass is 16.3. The Morgan fingerprint density at radius 1 is 1.13 bits per heavy atom. The molecule has 0 unspecified atom stereocenters. The average molecular weight is 199 g/mol. The number of aromatic hydroxyl groups is 1. The highest BCUT2D eigenvalue weighted by molar-refractivity contribution is 6.60. The van der Waals surface area contributed by atoms with Crippen molar-refractivity contribution >= 4 is 30.1 Å². The van der Waals surface area contributed by atoms with Crippen molar-refractivity contribution in [2.45, 2.75) is 0 Å². The number of phenolic OH excluding ortho intramolecular Hbond substituents is 1. The van der Waals surface area contributed by atoms with Gasteiger partial charge in [-0.15, -0.1) is 0 Å². The monoisotopic (exact) mass is 199 g/mol. The molecule has 0 spiro atoms. The van der Waals surface area contributed by atoms with E-state index >= 15 is 0 Å². The summed E-state index contributed by atoms with van der Waals surface area (Å²) in [6, 6.07) is 10.7. The summed E-state index contributed by atoms with van der Waals surface area (Å²) >= 11 is 0. The average Bonchev–Trinajstić information content (AvgIpc) is 2.17. The van der Waals surface area contributed by atoms with Crippen LogP contribution in [0.1, 0.15) is 0 Å². The van der Waals surface area contributed by atoms with E-state index in [1.165, 1.54) is 7.85 Å². The predicted octanol–water partition coefficient (Wildman–Crippen LogP) is 1.71. The predicted molar refractivity (Wildman–Crippen MR) is 63.2 cm³/mol. The fourth-order valence-corrected chi connectivity index (χ4v) is 1.51. The summed E-state index contributed by atoms with van der Waals surface area (Å²) in [4.78, 5) is 10.9. The number of rotatable bonds is 1. The molecule has 2 rings (SSSR count). The minimum Gasteiger partial charge on any atom is -0.508 e. The second-order valence-corrected chi connectivity index (χ2v) is 3.43. The second-order valence-electron chi connectivity index (χ2n) is 3.43. The smallest absolute Gasteiger partial charge is 0.216 e. The molecule has 74 valence electrons. The normalized spacial score (nSPS) is 10.1. The van der Waals surface area contributed by atoms with Crippen molar-refractivity contribution in [3.8, 4) is 5.75 Å². The van der Waals surface area contributed by atoms with Crippen molar-refractivity contribution < 1.29 is 9.90 Å². The molecule has 2 N–H and O–H groups in total. The maximum atomic E-state index is 10.9. The zero-order chi connectivity index (χ0) is 10.8. The topological polar surface area (TPSA) is 49.3 Å². The first-order valence-electron chi connectivity index (χ1n) is 4.65. The van der Waals surface area contributed by atoms with Gasteiger partial charge in [-0.2, -0.15) is 0 Å². The number of hydrogen-bond acceptors (Lipinski definition) is 2. The number of fused-ring (bicyclic) bond motifs is 1. The number of amides is 1. The Labute approximate surface area is 88.1 Å². The molecule has 0 fully saturated rings. The Hall–Kier alpha value is -1.97. The summed E-state index contributed by atoms with van der Waals surface area (Å²) in [6.07, 6.45) is 0. The van der Waals surface area contributed by atoms with E-state index in [0.717, 1.165) is 16.5 Å². The number of carbonyl (C=O) groups is 1. The van der Waals surface area contributed by atoms with E-state index in [2.05, 4.69) is 5.32 Å². The molecule has 0 saturated carbocycles. The van der Waals surface area contributed by atoms with E-state index in [0.29, 0.717) is 0 Å². The van der Waals surface area contributed by atoms with Gasteiger partial charge in [0.1, 0.15) is 5.75 Å². The third-order valence-electron chi connectivity index (χ3n) is 2.14. The van der Waals surface area contributed by atoms with Gasteiger partial charge in [0.15, 0.2) is 5.81 Å². The van der Waals surface area contributed by atoms with Crippen LogP contribution in [0.2, 0.25) is 0 Å². The second kappa shape index (κ2) is 3.65. The van der Waals surface area contributed by atoms with Crippen LogP contribution < -0.4 is 5.32 Å². The van der Waals surface area contributed by atoms with Gasteiger partial charge in [0, 0.05) is 5.69 Å². The number of carbonyl (C=O) groups excluding carboxylic acids is 1. The maximum Gasteiger partial charge on any atom is 0.216 e. The van der Waals surface area contributed by atoms with Crippen molar-refractivity contribution in [3.63, 3.8) is 0 Å². The summed E-state index contributed by atoms with van der Waals surface area (Å²) in [6.45, 7) is 0. The van der Waals surface area contributed by atoms with Gasteiger partial charge in [0.05, 0.1) is 0 Å². The van der Waals surface area contributed by atoms with Gasteiger partial charge < -0.3 is 10.4 Å². The molecule has 2 aromatic rings. The molecule has 0 aliphatic rings. The summed E-state index contributed by atoms with van der Waals surface area (Å²) in [5.74, 6) is 0.155. The third kappa shape index (κ3) is 2.10. The Morgan fingerprint density at radius 3 is 2.53 bits per heavy atom. The molecule has 15 heavy (non-hydrogen) atoms. The molecule has 0 aliphatic heterocycles. The molecule has 1 amide bonds. The molecule has 0 aromatic heterocycles. The SMILES string of the molecule is BC(=O)Nc1ccc2cc(O)ccc2c1. The Morgan fingerprint density at radius 2 is 1.80 bits per heavy atom. The van der Waals surface area contributed by atoms with Crippen molar-refractivity contribution in [2.24, 2.45) is 0 Å². The lowest BCUT2D eigenvalue weighted by molar-refractivity contribution is 0.269. The highest BCUT2D eigenvalue weighted by Gasteiger charge is 1.98. The van der Waals surface area contributed by atoms with Crippen LogP contribution in [0.15, 0.2) is 36.4 Å². The summed E-state index contributed by atoms with van der Waals surface area (Å²) in [5.41, 5.74) is 0.765. The zero-order valence-corrected chi connectivity index (χ0v) is 8.32. The van der Waals surface area contributed by atoms with Crippen molar-refractivity contribution in [1.82, 2.24) is 0 Å². The first kappa shape index (κ1) is 9.58. The van der Waals surface area contributed by atoms with Gasteiger partial charge in [0.2, 0.25) is 7.85 Å². The van der Waals surface area contributed by atoms with Crippen LogP contribution in [0, 0.1) is 0 Å². The lowest BCUT2D eigenvalue weighted by atomic mass is 10.1. The van der Waals surface area contributed by atoms with E-state index in [1.54, 1.807) is 12.1 Å². The zero-order valence-electron chi connectivity index (χ0n) is 8.32. The summed E-state index contributed by atoms with van der Waals surface area (Å²) < 4.78 is 0. The van der Waals surface area contributed by atoms with Gasteiger partial charge in [-0.25, -0.2) is 0 Å². The van der Waals surface area contributed by atoms with Crippen molar-refractivity contribution in [2.75, 3.05) is 5.32 Å². The molecule has 0 atom stereocenters. The molecule has 0 heterocycles. The van der Waals surface area contributed by atoms with Crippen LogP contribution in [-0.2, 0) is 0 Å². The van der Waals surface area contributed by atoms with E-state index in [4.69, 9.17) is 0 Å². The van der Waals surface area contributed by atoms with Crippen molar-refractivity contribution in [3.05, 3.63) is 36.4 Å². The molecular weight excluding hydrogens is 189 g/mol. The minimum absolute atomic E-state index is 0.0897. The number of phenols is 1. The van der Waals surface area contributed by atoms with E-state index in [9.17, 15) is 9.90 Å². The van der Waals surface area contributed by atoms with Crippen LogP contribution in [-0.4, -0.2) is 18.8 Å². The maximum absolute atomic E-state index is 10.9. The first-order valence-corrected chi connectivity index (χ1v) is 4.65. The molecular formula is C11H10BNO2. The number of anilines is 1. The molecule has 2 aromatic carbocycles. The molecule has 0 radical (unpaired) electrons. The number of hydrogen-bond donors (Lipinski definition) is 2. The molecule has 0 aliphatic carbocycles. The van der Waals surface area contributed by atoms with Crippen LogP contribution in [0.4, 0.5) is 10.5 Å². The van der Waals surface area contributed by atoms with Crippen LogP contribution in [0.25, 0.3) is 10.8 Å². The summed E-state index contributed by atoms with van der Waals surface area (Å²) in [5, 5.41) is 13.9. The van der Waals surface area contributed by atoms with Crippen LogP contribution in [0.3, 0.4) is 0 Å². The molecule has 3 nitrogen and oxygen atoms in total. The third-order valence-corrected chi connectivity index (χ3v) is 2.14. The Bertz CT molecular complexity index is 525. The Kier molecular flexibility index (Phi) is 2.33. The van der Waals surface area contributed by atoms with Crippen LogP contribution >= 0.6 is 0 Å². The highest BCUT2D eigenvalue weighted by Crippen LogP contribution is 2.22. The van der Waals surface area contributed by atoms with Crippen LogP contribution in [0.5, 0.6) is 5.75 Å². The number of nitrogens with one attached hydrogen (secondary N) is 1. The fourth-order valence-electron chi connectivity index (χ4n) is 1.51. The van der Waals surface area contributed by atoms with Gasteiger partial charge in [0.25, 0.3) is 0 Å². The standard InChI is InChI=1S/C11H10BNO2/c12-11(15)13-9-3-1-8-6-10(14)4-2-7(8)5-9/h1-6,14H,12H2,(H,13,15). The lowest BCUT2D eigenvalue weighted by Gasteiger charge is -2.04.